The van der Waals surface area contributed by atoms with Crippen molar-refractivity contribution in [1.82, 2.24) is 15.5 Å². The minimum absolute atomic E-state index is 0.0279. The van der Waals surface area contributed by atoms with Gasteiger partial charge in [0, 0.05) is 13.2 Å². The van der Waals surface area contributed by atoms with Gasteiger partial charge in [-0.05, 0) is 36.8 Å². The standard InChI is InChI=1S/C18H21N3O4/c22-15(19-10-13-5-3-9-25-13)11-21-16(23)18(20-17(21)24)8-7-12-4-1-2-6-14(12)18/h1-2,4,6,13H,3,5,7-11H2,(H,19,22)(H,20,24). The van der Waals surface area contributed by atoms with Gasteiger partial charge in [-0.15, -0.1) is 0 Å². The molecule has 1 aromatic carbocycles. The summed E-state index contributed by atoms with van der Waals surface area (Å²) in [6.45, 7) is 0.868. The van der Waals surface area contributed by atoms with Crippen LogP contribution in [0.15, 0.2) is 24.3 Å². The van der Waals surface area contributed by atoms with Crippen molar-refractivity contribution in [3.8, 4) is 0 Å². The first-order valence-electron chi connectivity index (χ1n) is 8.71. The van der Waals surface area contributed by atoms with Crippen molar-refractivity contribution in [3.63, 3.8) is 0 Å². The molecular weight excluding hydrogens is 322 g/mol. The van der Waals surface area contributed by atoms with Gasteiger partial charge in [0.25, 0.3) is 5.91 Å². The molecule has 4 amide bonds. The summed E-state index contributed by atoms with van der Waals surface area (Å²) in [6, 6.07) is 7.13. The third kappa shape index (κ3) is 2.68. The van der Waals surface area contributed by atoms with Crippen LogP contribution in [-0.2, 0) is 26.3 Å². The monoisotopic (exact) mass is 343 g/mol. The van der Waals surface area contributed by atoms with Gasteiger partial charge < -0.3 is 15.4 Å². The fourth-order valence-electron chi connectivity index (χ4n) is 3.97. The number of amides is 4. The van der Waals surface area contributed by atoms with E-state index in [4.69, 9.17) is 4.74 Å². The lowest BCUT2D eigenvalue weighted by Crippen LogP contribution is -2.44. The van der Waals surface area contributed by atoms with Crippen LogP contribution in [0.2, 0.25) is 0 Å². The summed E-state index contributed by atoms with van der Waals surface area (Å²) in [5, 5.41) is 5.57. The summed E-state index contributed by atoms with van der Waals surface area (Å²) in [7, 11) is 0. The maximum Gasteiger partial charge on any atom is 0.325 e. The Kier molecular flexibility index (Phi) is 3.95. The summed E-state index contributed by atoms with van der Waals surface area (Å²) in [6.07, 6.45) is 3.21. The number of nitrogens with zero attached hydrogens (tertiary/aromatic N) is 1. The SMILES string of the molecule is O=C(CN1C(=O)NC2(CCc3ccccc32)C1=O)NCC1CCCO1. The minimum Gasteiger partial charge on any atom is -0.376 e. The second-order valence-electron chi connectivity index (χ2n) is 6.82. The molecule has 0 aromatic heterocycles. The highest BCUT2D eigenvalue weighted by molar-refractivity contribution is 6.09. The maximum atomic E-state index is 12.9. The van der Waals surface area contributed by atoms with Gasteiger partial charge in [0.1, 0.15) is 12.1 Å². The molecule has 0 bridgehead atoms. The van der Waals surface area contributed by atoms with Crippen LogP contribution in [0.1, 0.15) is 30.4 Å². The lowest BCUT2D eigenvalue weighted by molar-refractivity contribution is -0.135. The van der Waals surface area contributed by atoms with Crippen LogP contribution in [-0.4, -0.2) is 48.5 Å². The Morgan fingerprint density at radius 2 is 2.20 bits per heavy atom. The first kappa shape index (κ1) is 16.1. The highest BCUT2D eigenvalue weighted by Crippen LogP contribution is 2.41. The Hall–Kier alpha value is -2.41. The molecule has 7 heteroatoms. The van der Waals surface area contributed by atoms with E-state index in [0.717, 1.165) is 41.9 Å². The van der Waals surface area contributed by atoms with Gasteiger partial charge >= 0.3 is 6.03 Å². The number of fused-ring (bicyclic) bond motifs is 2. The van der Waals surface area contributed by atoms with Gasteiger partial charge in [-0.3, -0.25) is 14.5 Å². The van der Waals surface area contributed by atoms with E-state index in [1.54, 1.807) is 0 Å². The fraction of sp³-hybridized carbons (Fsp3) is 0.500. The zero-order valence-corrected chi connectivity index (χ0v) is 13.9. The van der Waals surface area contributed by atoms with Gasteiger partial charge in [0.2, 0.25) is 5.91 Å². The van der Waals surface area contributed by atoms with E-state index < -0.39 is 11.6 Å². The van der Waals surface area contributed by atoms with E-state index in [0.29, 0.717) is 13.0 Å². The fourth-order valence-corrected chi connectivity index (χ4v) is 3.97. The summed E-state index contributed by atoms with van der Waals surface area (Å²) >= 11 is 0. The largest absolute Gasteiger partial charge is 0.376 e. The van der Waals surface area contributed by atoms with Crippen molar-refractivity contribution in [1.29, 1.82) is 0 Å². The third-order valence-electron chi connectivity index (χ3n) is 5.27. The first-order valence-corrected chi connectivity index (χ1v) is 8.71. The molecule has 2 unspecified atom stereocenters. The molecule has 4 rings (SSSR count). The molecule has 2 N–H and O–H groups in total. The number of benzene rings is 1. The van der Waals surface area contributed by atoms with Gasteiger partial charge in [-0.2, -0.15) is 0 Å². The number of aryl methyl sites for hydroxylation is 1. The molecule has 2 atom stereocenters. The number of carbonyl (C=O) groups excluding carboxylic acids is 3. The Morgan fingerprint density at radius 1 is 1.36 bits per heavy atom. The van der Waals surface area contributed by atoms with Crippen molar-refractivity contribution in [3.05, 3.63) is 35.4 Å². The molecule has 1 aromatic rings. The zero-order valence-electron chi connectivity index (χ0n) is 13.9. The molecule has 2 fully saturated rings. The van der Waals surface area contributed by atoms with Crippen LogP contribution in [0.5, 0.6) is 0 Å². The van der Waals surface area contributed by atoms with E-state index in [1.807, 2.05) is 24.3 Å². The molecule has 25 heavy (non-hydrogen) atoms. The summed E-state index contributed by atoms with van der Waals surface area (Å²) in [4.78, 5) is 38.5. The molecule has 1 spiro atoms. The van der Waals surface area contributed by atoms with E-state index in [9.17, 15) is 14.4 Å². The van der Waals surface area contributed by atoms with Crippen molar-refractivity contribution in [2.45, 2.75) is 37.3 Å². The van der Waals surface area contributed by atoms with Crippen LogP contribution >= 0.6 is 0 Å². The number of nitrogens with one attached hydrogen (secondary N) is 2. The van der Waals surface area contributed by atoms with Crippen molar-refractivity contribution >= 4 is 17.8 Å². The number of rotatable bonds is 4. The van der Waals surface area contributed by atoms with Crippen molar-refractivity contribution in [2.75, 3.05) is 19.7 Å². The molecule has 0 saturated carbocycles. The van der Waals surface area contributed by atoms with Crippen molar-refractivity contribution < 1.29 is 19.1 Å². The molecular formula is C18H21N3O4. The Labute approximate surface area is 145 Å². The first-order chi connectivity index (χ1) is 12.1. The van der Waals surface area contributed by atoms with Gasteiger partial charge in [-0.1, -0.05) is 24.3 Å². The second kappa shape index (κ2) is 6.15. The van der Waals surface area contributed by atoms with Crippen LogP contribution in [0.3, 0.4) is 0 Å². The number of urea groups is 1. The quantitative estimate of drug-likeness (QED) is 0.787. The number of hydrogen-bond acceptors (Lipinski definition) is 4. The summed E-state index contributed by atoms with van der Waals surface area (Å²) < 4.78 is 5.46. The van der Waals surface area contributed by atoms with E-state index in [2.05, 4.69) is 10.6 Å². The summed E-state index contributed by atoms with van der Waals surface area (Å²) in [5.74, 6) is -0.683. The maximum absolute atomic E-state index is 12.9. The highest BCUT2D eigenvalue weighted by Gasteiger charge is 2.55. The molecule has 1 aliphatic carbocycles. The third-order valence-corrected chi connectivity index (χ3v) is 5.27. The zero-order chi connectivity index (χ0) is 17.4. The average molecular weight is 343 g/mol. The van der Waals surface area contributed by atoms with Crippen LogP contribution in [0, 0.1) is 0 Å². The lowest BCUT2D eigenvalue weighted by Gasteiger charge is -2.22. The van der Waals surface area contributed by atoms with Crippen LogP contribution in [0.25, 0.3) is 0 Å². The normalized spacial score (nSPS) is 27.7. The second-order valence-corrected chi connectivity index (χ2v) is 6.82. The van der Waals surface area contributed by atoms with Crippen LogP contribution in [0.4, 0.5) is 4.79 Å². The molecule has 0 radical (unpaired) electrons. The van der Waals surface area contributed by atoms with Gasteiger partial charge in [-0.25, -0.2) is 4.79 Å². The smallest absolute Gasteiger partial charge is 0.325 e. The molecule has 2 saturated heterocycles. The van der Waals surface area contributed by atoms with Gasteiger partial charge in [0.15, 0.2) is 0 Å². The number of carbonyl (C=O) groups is 3. The molecule has 7 nitrogen and oxygen atoms in total. The van der Waals surface area contributed by atoms with Gasteiger partial charge in [0.05, 0.1) is 6.10 Å². The molecule has 3 aliphatic rings. The number of hydrogen-bond donors (Lipinski definition) is 2. The lowest BCUT2D eigenvalue weighted by atomic mass is 9.92. The number of ether oxygens (including phenoxy) is 1. The van der Waals surface area contributed by atoms with E-state index in [1.165, 1.54) is 0 Å². The Balaban J connectivity index is 1.44. The summed E-state index contributed by atoms with van der Waals surface area (Å²) in [5.41, 5.74) is 0.902. The predicted octanol–water partition coefficient (Wildman–Crippen LogP) is 0.675. The minimum atomic E-state index is -1.01. The molecule has 132 valence electrons. The average Bonchev–Trinajstić information content (AvgIpc) is 3.31. The Morgan fingerprint density at radius 3 is 3.00 bits per heavy atom. The van der Waals surface area contributed by atoms with E-state index in [-0.39, 0.29) is 24.5 Å². The highest BCUT2D eigenvalue weighted by atomic mass is 16.5. The van der Waals surface area contributed by atoms with Crippen LogP contribution < -0.4 is 10.6 Å². The number of imide groups is 1. The Bertz CT molecular complexity index is 729. The predicted molar refractivity (Wildman–Crippen MR) is 88.7 cm³/mol. The molecule has 2 heterocycles. The van der Waals surface area contributed by atoms with Crippen molar-refractivity contribution in [2.24, 2.45) is 0 Å². The van der Waals surface area contributed by atoms with E-state index >= 15 is 0 Å². The topological polar surface area (TPSA) is 87.7 Å². The molecule has 2 aliphatic heterocycles.